The minimum absolute atomic E-state index is 0.173. The smallest absolute Gasteiger partial charge is 0.220 e. The molecule has 2 rings (SSSR count). The average molecular weight is 214 g/mol. The topological polar surface area (TPSA) is 56.0 Å². The van der Waals surface area contributed by atoms with E-state index in [1.807, 2.05) is 43.3 Å². The van der Waals surface area contributed by atoms with Crippen LogP contribution in [0, 0.1) is 5.92 Å². The molecule has 1 aromatic carbocycles. The van der Waals surface area contributed by atoms with Gasteiger partial charge in [0.1, 0.15) is 0 Å². The van der Waals surface area contributed by atoms with Crippen LogP contribution < -0.4 is 5.73 Å². The maximum absolute atomic E-state index is 11.0. The summed E-state index contributed by atoms with van der Waals surface area (Å²) < 4.78 is 0. The van der Waals surface area contributed by atoms with Crippen molar-refractivity contribution >= 4 is 16.8 Å². The summed E-state index contributed by atoms with van der Waals surface area (Å²) in [5.74, 6) is -0.455. The van der Waals surface area contributed by atoms with Gasteiger partial charge >= 0.3 is 0 Å². The molecule has 0 aliphatic carbocycles. The summed E-state index contributed by atoms with van der Waals surface area (Å²) >= 11 is 0. The van der Waals surface area contributed by atoms with Gasteiger partial charge in [-0.15, -0.1) is 0 Å². The SMILES string of the molecule is CC(Cc1ccc2ccccc2n1)C(N)=O. The third-order valence-electron chi connectivity index (χ3n) is 2.66. The second kappa shape index (κ2) is 4.31. The lowest BCUT2D eigenvalue weighted by molar-refractivity contribution is -0.121. The van der Waals surface area contributed by atoms with E-state index in [4.69, 9.17) is 5.73 Å². The van der Waals surface area contributed by atoms with Gasteiger partial charge in [0.25, 0.3) is 0 Å². The van der Waals surface area contributed by atoms with Gasteiger partial charge < -0.3 is 5.73 Å². The molecule has 0 aliphatic rings. The lowest BCUT2D eigenvalue weighted by Crippen LogP contribution is -2.22. The summed E-state index contributed by atoms with van der Waals surface area (Å²) in [5.41, 5.74) is 7.09. The molecular formula is C13H14N2O. The number of amides is 1. The first-order valence-corrected chi connectivity index (χ1v) is 5.31. The molecule has 0 saturated carbocycles. The fourth-order valence-electron chi connectivity index (χ4n) is 1.64. The van der Waals surface area contributed by atoms with Crippen molar-refractivity contribution in [3.05, 3.63) is 42.1 Å². The highest BCUT2D eigenvalue weighted by Crippen LogP contribution is 2.14. The first kappa shape index (κ1) is 10.6. The predicted octanol–water partition coefficient (Wildman–Crippen LogP) is 1.90. The molecule has 0 fully saturated rings. The van der Waals surface area contributed by atoms with Crippen LogP contribution in [-0.4, -0.2) is 10.9 Å². The molecule has 1 aromatic heterocycles. The molecule has 16 heavy (non-hydrogen) atoms. The second-order valence-electron chi connectivity index (χ2n) is 4.00. The van der Waals surface area contributed by atoms with E-state index in [1.54, 1.807) is 0 Å². The summed E-state index contributed by atoms with van der Waals surface area (Å²) in [6, 6.07) is 11.9. The number of primary amides is 1. The fraction of sp³-hybridized carbons (Fsp3) is 0.231. The Morgan fingerprint density at radius 1 is 1.31 bits per heavy atom. The number of rotatable bonds is 3. The summed E-state index contributed by atoms with van der Waals surface area (Å²) in [4.78, 5) is 15.5. The van der Waals surface area contributed by atoms with E-state index in [0.29, 0.717) is 6.42 Å². The highest BCUT2D eigenvalue weighted by Gasteiger charge is 2.10. The van der Waals surface area contributed by atoms with Crippen molar-refractivity contribution in [3.8, 4) is 0 Å². The molecule has 1 atom stereocenters. The van der Waals surface area contributed by atoms with Crippen molar-refractivity contribution in [2.45, 2.75) is 13.3 Å². The Balaban J connectivity index is 2.29. The first-order valence-electron chi connectivity index (χ1n) is 5.31. The van der Waals surface area contributed by atoms with Crippen LogP contribution in [0.1, 0.15) is 12.6 Å². The van der Waals surface area contributed by atoms with Crippen LogP contribution in [0.5, 0.6) is 0 Å². The molecule has 0 spiro atoms. The Morgan fingerprint density at radius 2 is 2.06 bits per heavy atom. The van der Waals surface area contributed by atoms with Gasteiger partial charge in [0.2, 0.25) is 5.91 Å². The maximum atomic E-state index is 11.0. The van der Waals surface area contributed by atoms with E-state index in [-0.39, 0.29) is 11.8 Å². The van der Waals surface area contributed by atoms with Crippen molar-refractivity contribution in [1.29, 1.82) is 0 Å². The second-order valence-corrected chi connectivity index (χ2v) is 4.00. The van der Waals surface area contributed by atoms with Crippen molar-refractivity contribution in [2.75, 3.05) is 0 Å². The van der Waals surface area contributed by atoms with E-state index in [2.05, 4.69) is 4.98 Å². The summed E-state index contributed by atoms with van der Waals surface area (Å²) in [7, 11) is 0. The molecule has 1 heterocycles. The van der Waals surface area contributed by atoms with E-state index in [0.717, 1.165) is 16.6 Å². The molecule has 2 N–H and O–H groups in total. The molecule has 1 amide bonds. The Kier molecular flexibility index (Phi) is 2.86. The summed E-state index contributed by atoms with van der Waals surface area (Å²) in [6.45, 7) is 1.82. The molecule has 3 heteroatoms. The van der Waals surface area contributed by atoms with Crippen molar-refractivity contribution in [3.63, 3.8) is 0 Å². The molecule has 2 aromatic rings. The molecule has 1 unspecified atom stereocenters. The van der Waals surface area contributed by atoms with Gasteiger partial charge in [-0.3, -0.25) is 9.78 Å². The molecule has 0 bridgehead atoms. The molecule has 0 aliphatic heterocycles. The van der Waals surface area contributed by atoms with Crippen molar-refractivity contribution in [2.24, 2.45) is 11.7 Å². The standard InChI is InChI=1S/C13H14N2O/c1-9(13(14)16)8-11-7-6-10-4-2-3-5-12(10)15-11/h2-7,9H,8H2,1H3,(H2,14,16). The Morgan fingerprint density at radius 3 is 2.81 bits per heavy atom. The lowest BCUT2D eigenvalue weighted by atomic mass is 10.0. The first-order chi connectivity index (χ1) is 7.66. The zero-order valence-corrected chi connectivity index (χ0v) is 9.18. The molecule has 0 saturated heterocycles. The van der Waals surface area contributed by atoms with E-state index >= 15 is 0 Å². The summed E-state index contributed by atoms with van der Waals surface area (Å²) in [5, 5.41) is 1.11. The van der Waals surface area contributed by atoms with Crippen LogP contribution in [0.3, 0.4) is 0 Å². The minimum Gasteiger partial charge on any atom is -0.369 e. The number of fused-ring (bicyclic) bond motifs is 1. The maximum Gasteiger partial charge on any atom is 0.220 e. The average Bonchev–Trinajstić information content (AvgIpc) is 2.28. The van der Waals surface area contributed by atoms with Crippen LogP contribution in [-0.2, 0) is 11.2 Å². The predicted molar refractivity (Wildman–Crippen MR) is 63.8 cm³/mol. The number of pyridine rings is 1. The Hall–Kier alpha value is -1.90. The Labute approximate surface area is 94.3 Å². The quantitative estimate of drug-likeness (QED) is 0.848. The number of hydrogen-bond donors (Lipinski definition) is 1. The van der Waals surface area contributed by atoms with Crippen LogP contribution in [0.2, 0.25) is 0 Å². The van der Waals surface area contributed by atoms with Gasteiger partial charge in [-0.2, -0.15) is 0 Å². The van der Waals surface area contributed by atoms with Gasteiger partial charge in [0, 0.05) is 23.4 Å². The van der Waals surface area contributed by atoms with E-state index in [1.165, 1.54) is 0 Å². The van der Waals surface area contributed by atoms with Gasteiger partial charge in [-0.1, -0.05) is 31.2 Å². The molecular weight excluding hydrogens is 200 g/mol. The number of nitrogens with zero attached hydrogens (tertiary/aromatic N) is 1. The zero-order chi connectivity index (χ0) is 11.5. The number of nitrogens with two attached hydrogens (primary N) is 1. The highest BCUT2D eigenvalue weighted by atomic mass is 16.1. The summed E-state index contributed by atoms with van der Waals surface area (Å²) in [6.07, 6.45) is 0.597. The fourth-order valence-corrected chi connectivity index (χ4v) is 1.64. The van der Waals surface area contributed by atoms with E-state index < -0.39 is 0 Å². The Bertz CT molecular complexity index is 522. The number of benzene rings is 1. The largest absolute Gasteiger partial charge is 0.369 e. The van der Waals surface area contributed by atoms with Crippen molar-refractivity contribution in [1.82, 2.24) is 4.98 Å². The van der Waals surface area contributed by atoms with Gasteiger partial charge in [-0.05, 0) is 12.1 Å². The zero-order valence-electron chi connectivity index (χ0n) is 9.18. The number of para-hydroxylation sites is 1. The van der Waals surface area contributed by atoms with Crippen molar-refractivity contribution < 1.29 is 4.79 Å². The van der Waals surface area contributed by atoms with Crippen LogP contribution in [0.25, 0.3) is 10.9 Å². The number of carbonyl (C=O) groups is 1. The highest BCUT2D eigenvalue weighted by molar-refractivity contribution is 5.79. The third kappa shape index (κ3) is 2.19. The molecule has 0 radical (unpaired) electrons. The van der Waals surface area contributed by atoms with Crippen LogP contribution in [0.4, 0.5) is 0 Å². The third-order valence-corrected chi connectivity index (χ3v) is 2.66. The molecule has 3 nitrogen and oxygen atoms in total. The monoisotopic (exact) mass is 214 g/mol. The van der Waals surface area contributed by atoms with Crippen LogP contribution in [0.15, 0.2) is 36.4 Å². The van der Waals surface area contributed by atoms with Gasteiger partial charge in [-0.25, -0.2) is 0 Å². The lowest BCUT2D eigenvalue weighted by Gasteiger charge is -2.07. The number of carbonyl (C=O) groups excluding carboxylic acids is 1. The molecule has 82 valence electrons. The number of hydrogen-bond acceptors (Lipinski definition) is 2. The minimum atomic E-state index is -0.282. The number of aromatic nitrogens is 1. The van der Waals surface area contributed by atoms with Crippen LogP contribution >= 0.6 is 0 Å². The normalized spacial score (nSPS) is 12.6. The van der Waals surface area contributed by atoms with E-state index in [9.17, 15) is 4.79 Å². The van der Waals surface area contributed by atoms with Gasteiger partial charge in [0.15, 0.2) is 0 Å². The van der Waals surface area contributed by atoms with Gasteiger partial charge in [0.05, 0.1) is 5.52 Å².